The highest BCUT2D eigenvalue weighted by molar-refractivity contribution is 7.89. The van der Waals surface area contributed by atoms with Gasteiger partial charge in [-0.05, 0) is 13.0 Å². The van der Waals surface area contributed by atoms with E-state index < -0.39 is 64.4 Å². The minimum atomic E-state index is -3.42. The van der Waals surface area contributed by atoms with Crippen LogP contribution in [0.5, 0.6) is 0 Å². The molecule has 2 fully saturated rings. The lowest BCUT2D eigenvalue weighted by atomic mass is 9.89. The van der Waals surface area contributed by atoms with Crippen LogP contribution < -0.4 is 0 Å². The Hall–Kier alpha value is -4.72. The molecule has 2 aliphatic rings. The summed E-state index contributed by atoms with van der Waals surface area (Å²) in [5.74, 6) is -1.68. The van der Waals surface area contributed by atoms with Crippen LogP contribution >= 0.6 is 0 Å². The maximum Gasteiger partial charge on any atom is 0.411 e. The third-order valence-electron chi connectivity index (χ3n) is 8.58. The van der Waals surface area contributed by atoms with Crippen LogP contribution in [0.2, 0.25) is 0 Å². The van der Waals surface area contributed by atoms with E-state index in [2.05, 4.69) is 21.1 Å². The van der Waals surface area contributed by atoms with Crippen molar-refractivity contribution in [3.8, 4) is 17.3 Å². The number of carbonyl (C=O) groups excluding carboxylic acids is 2. The fourth-order valence-electron chi connectivity index (χ4n) is 5.52. The Morgan fingerprint density at radius 3 is 2.47 bits per heavy atom. The van der Waals surface area contributed by atoms with Crippen LogP contribution in [0.3, 0.4) is 0 Å². The van der Waals surface area contributed by atoms with Crippen LogP contribution in [0.25, 0.3) is 22.3 Å². The van der Waals surface area contributed by atoms with Gasteiger partial charge in [0.2, 0.25) is 16.3 Å². The van der Waals surface area contributed by atoms with Gasteiger partial charge < -0.3 is 39.7 Å². The van der Waals surface area contributed by atoms with Crippen LogP contribution in [0, 0.1) is 11.3 Å². The average molecular weight is 706 g/mol. The third-order valence-corrected chi connectivity index (χ3v) is 10.4. The summed E-state index contributed by atoms with van der Waals surface area (Å²) in [7, 11) is -0.616. The molecule has 0 unspecified atom stereocenters. The van der Waals surface area contributed by atoms with Gasteiger partial charge in [-0.15, -0.1) is 0 Å². The standard InChI is InChI=1S/C28H35N9O11S/c1-4-49(45,46)35-13-28(14-35,6-7-29)37-12-16(11-32-37)18-17-5-8-36(23(17)31-15-30-18)26(43)33(2)9-10-34(3)27(44)48-25-21(40)19(38)20(39)22(47-25)24(41)42/h5,8,11-12,15,19-22,25,38-40H,4,6,9-10,13-14H2,1-3H3,(H,41,42)/t19-,20-,21+,22-,25-/m0/s1. The van der Waals surface area contributed by atoms with Crippen molar-refractivity contribution >= 4 is 39.2 Å². The summed E-state index contributed by atoms with van der Waals surface area (Å²) in [6.07, 6.45) is -4.64. The summed E-state index contributed by atoms with van der Waals surface area (Å²) in [5, 5.41) is 53.4. The summed E-state index contributed by atoms with van der Waals surface area (Å²) in [4.78, 5) is 48.3. The van der Waals surface area contributed by atoms with Crippen molar-refractivity contribution in [2.24, 2.45) is 0 Å². The van der Waals surface area contributed by atoms with E-state index in [-0.39, 0.29) is 44.0 Å². The van der Waals surface area contributed by atoms with Gasteiger partial charge in [-0.25, -0.2) is 32.8 Å². The van der Waals surface area contributed by atoms with Crippen molar-refractivity contribution in [2.75, 3.05) is 46.0 Å². The van der Waals surface area contributed by atoms with Gasteiger partial charge in [0.25, 0.3) is 0 Å². The van der Waals surface area contributed by atoms with Crippen molar-refractivity contribution in [1.29, 1.82) is 5.26 Å². The van der Waals surface area contributed by atoms with Crippen molar-refractivity contribution in [1.82, 2.24) is 38.4 Å². The molecule has 0 radical (unpaired) electrons. The number of nitriles is 1. The van der Waals surface area contributed by atoms with E-state index in [0.29, 0.717) is 16.6 Å². The molecular weight excluding hydrogens is 670 g/mol. The molecule has 20 nitrogen and oxygen atoms in total. The molecule has 2 aliphatic heterocycles. The maximum absolute atomic E-state index is 13.4. The van der Waals surface area contributed by atoms with E-state index in [9.17, 15) is 48.5 Å². The molecule has 5 rings (SSSR count). The van der Waals surface area contributed by atoms with Crippen molar-refractivity contribution < 1.29 is 52.7 Å². The second-order valence-corrected chi connectivity index (χ2v) is 14.0. The molecule has 3 aromatic rings. The van der Waals surface area contributed by atoms with Crippen molar-refractivity contribution in [2.45, 2.75) is 49.6 Å². The zero-order valence-corrected chi connectivity index (χ0v) is 27.4. The second-order valence-electron chi connectivity index (χ2n) is 11.8. The first-order chi connectivity index (χ1) is 23.1. The minimum absolute atomic E-state index is 0.00622. The number of ether oxygens (including phenoxy) is 2. The summed E-state index contributed by atoms with van der Waals surface area (Å²) in [6.45, 7) is 1.69. The van der Waals surface area contributed by atoms with Crippen LogP contribution in [-0.2, 0) is 29.8 Å². The van der Waals surface area contributed by atoms with E-state index in [1.54, 1.807) is 30.1 Å². The summed E-state index contributed by atoms with van der Waals surface area (Å²) in [5.41, 5.74) is 0.450. The molecule has 21 heteroatoms. The smallest absolute Gasteiger partial charge is 0.411 e. The molecule has 264 valence electrons. The first-order valence-corrected chi connectivity index (χ1v) is 16.6. The van der Waals surface area contributed by atoms with E-state index in [1.165, 1.54) is 40.4 Å². The van der Waals surface area contributed by atoms with Crippen LogP contribution in [0.15, 0.2) is 31.0 Å². The predicted octanol–water partition coefficient (Wildman–Crippen LogP) is -1.57. The largest absolute Gasteiger partial charge is 0.479 e. The average Bonchev–Trinajstić information content (AvgIpc) is 3.72. The highest BCUT2D eigenvalue weighted by Crippen LogP contribution is 2.36. The molecule has 0 aromatic carbocycles. The number of aliphatic hydroxyl groups excluding tert-OH is 3. The van der Waals surface area contributed by atoms with E-state index in [4.69, 9.17) is 9.47 Å². The Bertz CT molecular complexity index is 1880. The molecule has 3 aromatic heterocycles. The van der Waals surface area contributed by atoms with E-state index in [1.807, 2.05) is 0 Å². The number of hydrogen-bond donors (Lipinski definition) is 4. The molecule has 2 amide bonds. The Balaban J connectivity index is 1.24. The Kier molecular flexibility index (Phi) is 9.91. The van der Waals surface area contributed by atoms with E-state index in [0.717, 1.165) is 4.90 Å². The number of fused-ring (bicyclic) bond motifs is 1. The van der Waals surface area contributed by atoms with Gasteiger partial charge in [0.15, 0.2) is 11.8 Å². The topological polar surface area (TPSA) is 267 Å². The number of aliphatic hydroxyl groups is 3. The SMILES string of the molecule is CCS(=O)(=O)N1CC(CC#N)(n2cc(-c3ncnc4c3ccn4C(=O)N(C)CCN(C)C(=O)O[C@@H]3O[C@H](C(=O)O)[C@@H](O)[C@H](O)[C@H]3O)cn2)C1. The minimum Gasteiger partial charge on any atom is -0.479 e. The number of carboxylic acid groups (broad SMARTS) is 1. The number of hydrogen-bond acceptors (Lipinski definition) is 14. The molecule has 5 heterocycles. The molecule has 5 atom stereocenters. The fraction of sp³-hybridized carbons (Fsp3) is 0.536. The molecular formula is C28H35N9O11S. The third kappa shape index (κ3) is 6.65. The van der Waals surface area contributed by atoms with Crippen LogP contribution in [-0.4, -0.2) is 162 Å². The van der Waals surface area contributed by atoms with Gasteiger partial charge >= 0.3 is 18.1 Å². The number of amides is 2. The van der Waals surface area contributed by atoms with Crippen molar-refractivity contribution in [3.05, 3.63) is 31.0 Å². The molecule has 49 heavy (non-hydrogen) atoms. The van der Waals surface area contributed by atoms with E-state index >= 15 is 0 Å². The monoisotopic (exact) mass is 705 g/mol. The Labute approximate surface area is 279 Å². The zero-order chi connectivity index (χ0) is 35.8. The Morgan fingerprint density at radius 1 is 1.12 bits per heavy atom. The number of aromatic nitrogens is 5. The van der Waals surface area contributed by atoms with Gasteiger partial charge in [-0.2, -0.15) is 14.7 Å². The number of carbonyl (C=O) groups is 3. The van der Waals surface area contributed by atoms with Gasteiger partial charge in [-0.1, -0.05) is 0 Å². The van der Waals surface area contributed by atoms with Gasteiger partial charge in [-0.3, -0.25) is 9.25 Å². The quantitative estimate of drug-likeness (QED) is 0.186. The zero-order valence-electron chi connectivity index (χ0n) is 26.6. The Morgan fingerprint density at radius 2 is 1.82 bits per heavy atom. The number of carboxylic acids is 1. The summed E-state index contributed by atoms with van der Waals surface area (Å²) >= 11 is 0. The molecule has 0 aliphatic carbocycles. The van der Waals surface area contributed by atoms with Gasteiger partial charge in [0.1, 0.15) is 30.2 Å². The molecule has 2 saturated heterocycles. The van der Waals surface area contributed by atoms with Gasteiger partial charge in [0.05, 0.1) is 30.1 Å². The predicted molar refractivity (Wildman–Crippen MR) is 165 cm³/mol. The molecule has 0 bridgehead atoms. The first-order valence-electron chi connectivity index (χ1n) is 15.0. The lowest BCUT2D eigenvalue weighted by Gasteiger charge is -2.47. The summed E-state index contributed by atoms with van der Waals surface area (Å²) in [6, 6.07) is 3.26. The number of sulfonamides is 1. The summed E-state index contributed by atoms with van der Waals surface area (Å²) < 4.78 is 38.8. The van der Waals surface area contributed by atoms with Gasteiger partial charge in [0, 0.05) is 63.6 Å². The van der Waals surface area contributed by atoms with Crippen LogP contribution in [0.1, 0.15) is 13.3 Å². The maximum atomic E-state index is 13.4. The molecule has 0 saturated carbocycles. The normalized spacial score (nSPS) is 23.7. The first kappa shape index (κ1) is 35.6. The van der Waals surface area contributed by atoms with Crippen molar-refractivity contribution in [3.63, 3.8) is 0 Å². The molecule has 4 N–H and O–H groups in total. The second kappa shape index (κ2) is 13.7. The number of likely N-dealkylation sites (N-methyl/N-ethyl adjacent to an activating group) is 2. The highest BCUT2D eigenvalue weighted by Gasteiger charge is 2.50. The number of aliphatic carboxylic acids is 1. The lowest BCUT2D eigenvalue weighted by molar-refractivity contribution is -0.279. The van der Waals surface area contributed by atoms with Crippen LogP contribution in [0.4, 0.5) is 9.59 Å². The number of rotatable bonds is 10. The highest BCUT2D eigenvalue weighted by atomic mass is 32.2. The number of nitrogens with zero attached hydrogens (tertiary/aromatic N) is 9. The lowest BCUT2D eigenvalue weighted by Crippen LogP contribution is -2.64. The fourth-order valence-corrected chi connectivity index (χ4v) is 6.76. The molecule has 0 spiro atoms.